The lowest BCUT2D eigenvalue weighted by molar-refractivity contribution is 1.28. The Labute approximate surface area is 117 Å². The zero-order valence-corrected chi connectivity index (χ0v) is 12.0. The predicted octanol–water partition coefficient (Wildman–Crippen LogP) is 5.06. The molecule has 94 valence electrons. The van der Waals surface area contributed by atoms with Crippen LogP contribution in [0.25, 0.3) is 0 Å². The van der Waals surface area contributed by atoms with Crippen LogP contribution in [0.3, 0.4) is 0 Å². The largest absolute Gasteiger partial charge is 0.353 e. The molecule has 0 fully saturated rings. The van der Waals surface area contributed by atoms with Crippen molar-refractivity contribution in [3.8, 4) is 0 Å². The molecule has 1 aromatic carbocycles. The van der Waals surface area contributed by atoms with Crippen molar-refractivity contribution in [3.05, 3.63) is 51.3 Å². The fraction of sp³-hybridized carbons (Fsp3) is 0.214. The first-order valence-corrected chi connectivity index (χ1v) is 6.39. The smallest absolute Gasteiger partial charge is 0.152 e. The van der Waals surface area contributed by atoms with E-state index in [4.69, 9.17) is 23.2 Å². The maximum atomic E-state index is 6.05. The van der Waals surface area contributed by atoms with E-state index in [1.165, 1.54) is 22.9 Å². The summed E-state index contributed by atoms with van der Waals surface area (Å²) in [5.74, 6) is 0. The third kappa shape index (κ3) is 2.77. The third-order valence-corrected chi connectivity index (χ3v) is 3.25. The summed E-state index contributed by atoms with van der Waals surface area (Å²) in [6, 6.07) is 6.03. The Kier molecular flexibility index (Phi) is 3.79. The molecule has 1 heterocycles. The Bertz CT molecular complexity index is 571. The third-order valence-electron chi connectivity index (χ3n) is 2.74. The van der Waals surface area contributed by atoms with Crippen molar-refractivity contribution in [2.24, 2.45) is 0 Å². The summed E-state index contributed by atoms with van der Waals surface area (Å²) < 4.78 is 0. The van der Waals surface area contributed by atoms with Crippen LogP contribution in [-0.4, -0.2) is 4.98 Å². The van der Waals surface area contributed by atoms with E-state index in [0.717, 1.165) is 11.4 Å². The minimum atomic E-state index is 0.416. The van der Waals surface area contributed by atoms with Gasteiger partial charge in [0.05, 0.1) is 10.7 Å². The number of pyridine rings is 1. The van der Waals surface area contributed by atoms with Gasteiger partial charge in [0.25, 0.3) is 0 Å². The van der Waals surface area contributed by atoms with Gasteiger partial charge in [-0.25, -0.2) is 4.98 Å². The van der Waals surface area contributed by atoms with Crippen molar-refractivity contribution in [3.63, 3.8) is 0 Å². The van der Waals surface area contributed by atoms with Crippen molar-refractivity contribution < 1.29 is 0 Å². The number of hydrogen-bond acceptors (Lipinski definition) is 2. The molecule has 0 aliphatic heterocycles. The highest BCUT2D eigenvalue weighted by Gasteiger charge is 2.08. The molecule has 0 aliphatic carbocycles. The van der Waals surface area contributed by atoms with Crippen LogP contribution in [0, 0.1) is 20.8 Å². The van der Waals surface area contributed by atoms with E-state index in [1.54, 1.807) is 6.07 Å². The van der Waals surface area contributed by atoms with Crippen LogP contribution < -0.4 is 5.32 Å². The molecule has 0 bridgehead atoms. The molecule has 2 rings (SSSR count). The molecule has 0 aliphatic rings. The van der Waals surface area contributed by atoms with Gasteiger partial charge in [-0.3, -0.25) is 0 Å². The maximum Gasteiger partial charge on any atom is 0.152 e. The summed E-state index contributed by atoms with van der Waals surface area (Å²) in [4.78, 5) is 4.02. The Hall–Kier alpha value is -1.25. The molecule has 0 saturated carbocycles. The van der Waals surface area contributed by atoms with Gasteiger partial charge in [-0.2, -0.15) is 0 Å². The Morgan fingerprint density at radius 2 is 1.61 bits per heavy atom. The number of benzene rings is 1. The molecular formula is C14H14Cl2N2. The highest BCUT2D eigenvalue weighted by molar-refractivity contribution is 6.34. The normalized spacial score (nSPS) is 10.5. The van der Waals surface area contributed by atoms with Crippen LogP contribution >= 0.6 is 23.2 Å². The Balaban J connectivity index is 2.43. The molecule has 4 heteroatoms. The van der Waals surface area contributed by atoms with Gasteiger partial charge in [0.2, 0.25) is 0 Å². The second-order valence-electron chi connectivity index (χ2n) is 4.39. The first-order chi connectivity index (χ1) is 8.47. The highest BCUT2D eigenvalue weighted by atomic mass is 35.5. The minimum absolute atomic E-state index is 0.416. The molecule has 0 radical (unpaired) electrons. The van der Waals surface area contributed by atoms with Crippen LogP contribution in [-0.2, 0) is 0 Å². The van der Waals surface area contributed by atoms with E-state index in [1.807, 2.05) is 0 Å². The first-order valence-electron chi connectivity index (χ1n) is 5.63. The molecule has 0 unspecified atom stereocenters. The van der Waals surface area contributed by atoms with Crippen molar-refractivity contribution in [1.82, 2.24) is 4.98 Å². The van der Waals surface area contributed by atoms with E-state index in [9.17, 15) is 0 Å². The SMILES string of the molecule is Cc1cc(C)c(Nc2cc(Cl)cnc2Cl)c(C)c1. The summed E-state index contributed by atoms with van der Waals surface area (Å²) in [5, 5.41) is 4.27. The molecular weight excluding hydrogens is 267 g/mol. The van der Waals surface area contributed by atoms with Gasteiger partial charge < -0.3 is 5.32 Å². The Morgan fingerprint density at radius 1 is 1.00 bits per heavy atom. The van der Waals surface area contributed by atoms with Gasteiger partial charge in [0.1, 0.15) is 0 Å². The summed E-state index contributed by atoms with van der Waals surface area (Å²) in [5.41, 5.74) is 5.35. The van der Waals surface area contributed by atoms with Gasteiger partial charge >= 0.3 is 0 Å². The Morgan fingerprint density at radius 3 is 2.22 bits per heavy atom. The number of hydrogen-bond donors (Lipinski definition) is 1. The van der Waals surface area contributed by atoms with Crippen molar-refractivity contribution in [1.29, 1.82) is 0 Å². The second kappa shape index (κ2) is 5.17. The quantitative estimate of drug-likeness (QED) is 0.778. The van der Waals surface area contributed by atoms with E-state index >= 15 is 0 Å². The summed E-state index contributed by atoms with van der Waals surface area (Å²) in [6.07, 6.45) is 1.53. The standard InChI is InChI=1S/C14H14Cl2N2/c1-8-4-9(2)13(10(3)5-8)18-12-6-11(15)7-17-14(12)16/h4-7,18H,1-3H3. The van der Waals surface area contributed by atoms with Crippen molar-refractivity contribution in [2.45, 2.75) is 20.8 Å². The van der Waals surface area contributed by atoms with Crippen molar-refractivity contribution >= 4 is 34.6 Å². The van der Waals surface area contributed by atoms with Crippen LogP contribution in [0.4, 0.5) is 11.4 Å². The monoisotopic (exact) mass is 280 g/mol. The zero-order chi connectivity index (χ0) is 13.3. The van der Waals surface area contributed by atoms with Gasteiger partial charge in [0, 0.05) is 11.9 Å². The number of halogens is 2. The van der Waals surface area contributed by atoms with E-state index < -0.39 is 0 Å². The number of aromatic nitrogens is 1. The number of rotatable bonds is 2. The maximum absolute atomic E-state index is 6.05. The second-order valence-corrected chi connectivity index (χ2v) is 5.19. The average Bonchev–Trinajstić information content (AvgIpc) is 2.28. The molecule has 2 aromatic rings. The van der Waals surface area contributed by atoms with Crippen LogP contribution in [0.5, 0.6) is 0 Å². The van der Waals surface area contributed by atoms with Gasteiger partial charge in [-0.1, -0.05) is 40.9 Å². The van der Waals surface area contributed by atoms with Gasteiger partial charge in [-0.15, -0.1) is 0 Å². The average molecular weight is 281 g/mol. The number of anilines is 2. The number of aryl methyl sites for hydroxylation is 3. The zero-order valence-electron chi connectivity index (χ0n) is 10.5. The molecule has 0 atom stereocenters. The predicted molar refractivity (Wildman–Crippen MR) is 78.2 cm³/mol. The first kappa shape index (κ1) is 13.2. The summed E-state index contributed by atoms with van der Waals surface area (Å²) in [7, 11) is 0. The fourth-order valence-corrected chi connectivity index (χ4v) is 2.33. The molecule has 1 aromatic heterocycles. The fourth-order valence-electron chi connectivity index (χ4n) is 2.02. The van der Waals surface area contributed by atoms with E-state index in [2.05, 4.69) is 43.2 Å². The summed E-state index contributed by atoms with van der Waals surface area (Å²) in [6.45, 7) is 6.21. The molecule has 0 spiro atoms. The molecule has 0 saturated heterocycles. The van der Waals surface area contributed by atoms with Crippen molar-refractivity contribution in [2.75, 3.05) is 5.32 Å². The number of nitrogens with one attached hydrogen (secondary N) is 1. The van der Waals surface area contributed by atoms with E-state index in [-0.39, 0.29) is 0 Å². The molecule has 2 nitrogen and oxygen atoms in total. The summed E-state index contributed by atoms with van der Waals surface area (Å²) >= 11 is 12.0. The van der Waals surface area contributed by atoms with Crippen LogP contribution in [0.2, 0.25) is 10.2 Å². The van der Waals surface area contributed by atoms with Gasteiger partial charge in [-0.05, 0) is 38.0 Å². The lowest BCUT2D eigenvalue weighted by atomic mass is 10.0. The molecule has 18 heavy (non-hydrogen) atoms. The number of nitrogens with zero attached hydrogens (tertiary/aromatic N) is 1. The lowest BCUT2D eigenvalue weighted by Crippen LogP contribution is -1.98. The molecule has 1 N–H and O–H groups in total. The van der Waals surface area contributed by atoms with Gasteiger partial charge in [0.15, 0.2) is 5.15 Å². The van der Waals surface area contributed by atoms with E-state index in [0.29, 0.717) is 10.2 Å². The highest BCUT2D eigenvalue weighted by Crippen LogP contribution is 2.30. The van der Waals surface area contributed by atoms with Crippen LogP contribution in [0.15, 0.2) is 24.4 Å². The molecule has 0 amide bonds. The minimum Gasteiger partial charge on any atom is -0.353 e. The van der Waals surface area contributed by atoms with Crippen LogP contribution in [0.1, 0.15) is 16.7 Å². The topological polar surface area (TPSA) is 24.9 Å². The lowest BCUT2D eigenvalue weighted by Gasteiger charge is -2.14.